The number of hydrogen-bond donors (Lipinski definition) is 3. The smallest absolute Gasteiger partial charge is 0.275 e. The molecule has 174 valence electrons. The summed E-state index contributed by atoms with van der Waals surface area (Å²) in [5.74, 6) is 0.562. The predicted molar refractivity (Wildman–Crippen MR) is 116 cm³/mol. The Morgan fingerprint density at radius 3 is 2.52 bits per heavy atom. The Morgan fingerprint density at radius 1 is 1.21 bits per heavy atom. The Bertz CT molecular complexity index is 994. The molecule has 0 radical (unpaired) electrons. The molecule has 0 fully saturated rings. The first-order valence-electron chi connectivity index (χ1n) is 10.2. The number of nitrogens with zero attached hydrogens (tertiary/aromatic N) is 2. The van der Waals surface area contributed by atoms with Crippen molar-refractivity contribution in [1.82, 2.24) is 15.5 Å². The van der Waals surface area contributed by atoms with E-state index in [4.69, 9.17) is 6.42 Å². The summed E-state index contributed by atoms with van der Waals surface area (Å²) < 4.78 is 0. The number of rotatable bonds is 12. The molecule has 0 saturated carbocycles. The fourth-order valence-corrected chi connectivity index (χ4v) is 3.28. The van der Waals surface area contributed by atoms with E-state index in [0.29, 0.717) is 19.3 Å². The third-order valence-electron chi connectivity index (χ3n) is 4.96. The van der Waals surface area contributed by atoms with Gasteiger partial charge in [-0.05, 0) is 31.4 Å². The Kier molecular flexibility index (Phi) is 9.26. The van der Waals surface area contributed by atoms with Crippen molar-refractivity contribution in [1.29, 1.82) is 0 Å². The zero-order valence-corrected chi connectivity index (χ0v) is 17.8. The lowest BCUT2D eigenvalue weighted by Crippen LogP contribution is -2.39. The summed E-state index contributed by atoms with van der Waals surface area (Å²) in [6.07, 6.45) is 8.63. The second-order valence-corrected chi connectivity index (χ2v) is 7.25. The van der Waals surface area contributed by atoms with Crippen molar-refractivity contribution in [3.05, 3.63) is 51.6 Å². The van der Waals surface area contributed by atoms with Gasteiger partial charge in [0.05, 0.1) is 23.5 Å². The molecule has 1 aliphatic rings. The summed E-state index contributed by atoms with van der Waals surface area (Å²) in [7, 11) is 0. The number of hydrogen-bond acceptors (Lipinski definition) is 7. The van der Waals surface area contributed by atoms with Crippen molar-refractivity contribution in [3.8, 4) is 12.3 Å². The van der Waals surface area contributed by atoms with E-state index in [1.54, 1.807) is 0 Å². The van der Waals surface area contributed by atoms with Gasteiger partial charge in [0.1, 0.15) is 0 Å². The molecule has 2 rings (SSSR count). The molecule has 3 N–H and O–H groups in total. The Hall–Kier alpha value is -4.04. The summed E-state index contributed by atoms with van der Waals surface area (Å²) in [6, 6.07) is 3.40. The van der Waals surface area contributed by atoms with Crippen LogP contribution in [0.5, 0.6) is 0 Å². The first-order chi connectivity index (χ1) is 15.8. The average molecular weight is 456 g/mol. The van der Waals surface area contributed by atoms with E-state index in [1.165, 1.54) is 24.3 Å². The lowest BCUT2D eigenvalue weighted by molar-refractivity contribution is -0.385. The van der Waals surface area contributed by atoms with Crippen LogP contribution >= 0.6 is 0 Å². The van der Waals surface area contributed by atoms with Crippen LogP contribution in [0.25, 0.3) is 0 Å². The highest BCUT2D eigenvalue weighted by atomic mass is 16.6. The number of nitrogens with one attached hydrogen (secondary N) is 2. The van der Waals surface area contributed by atoms with Crippen molar-refractivity contribution < 1.29 is 29.2 Å². The Labute approximate surface area is 190 Å². The van der Waals surface area contributed by atoms with Crippen LogP contribution in [0.4, 0.5) is 5.69 Å². The minimum Gasteiger partial charge on any atom is -0.391 e. The van der Waals surface area contributed by atoms with Gasteiger partial charge in [0, 0.05) is 42.9 Å². The van der Waals surface area contributed by atoms with Gasteiger partial charge < -0.3 is 15.7 Å². The van der Waals surface area contributed by atoms with Crippen LogP contribution < -0.4 is 10.6 Å². The molecule has 0 spiro atoms. The average Bonchev–Trinajstić information content (AvgIpc) is 3.10. The number of imide groups is 1. The van der Waals surface area contributed by atoms with Crippen molar-refractivity contribution in [3.63, 3.8) is 0 Å². The van der Waals surface area contributed by atoms with Crippen LogP contribution in [0.3, 0.4) is 0 Å². The maximum atomic E-state index is 12.4. The van der Waals surface area contributed by atoms with E-state index < -0.39 is 17.4 Å². The van der Waals surface area contributed by atoms with Crippen LogP contribution in [0, 0.1) is 22.5 Å². The molecular formula is C22H24N4O7. The maximum Gasteiger partial charge on any atom is 0.275 e. The first kappa shape index (κ1) is 25.2. The number of nitro benzene ring substituents is 1. The Balaban J connectivity index is 1.92. The molecule has 0 aliphatic carbocycles. The predicted octanol–water partition coefficient (Wildman–Crippen LogP) is 0.420. The lowest BCUT2D eigenvalue weighted by Gasteiger charge is -2.20. The van der Waals surface area contributed by atoms with E-state index in [-0.39, 0.29) is 60.1 Å². The molecule has 0 aromatic heterocycles. The van der Waals surface area contributed by atoms with Crippen LogP contribution in [0.2, 0.25) is 0 Å². The van der Waals surface area contributed by atoms with Crippen LogP contribution in [0.15, 0.2) is 30.4 Å². The third kappa shape index (κ3) is 7.26. The van der Waals surface area contributed by atoms with Gasteiger partial charge in [0.25, 0.3) is 23.4 Å². The molecular weight excluding hydrogens is 432 g/mol. The molecule has 33 heavy (non-hydrogen) atoms. The van der Waals surface area contributed by atoms with Crippen LogP contribution in [-0.2, 0) is 21.0 Å². The van der Waals surface area contributed by atoms with E-state index in [1.807, 2.05) is 0 Å². The number of terminal acetylenes is 1. The summed E-state index contributed by atoms with van der Waals surface area (Å²) in [5, 5.41) is 25.7. The zero-order valence-electron chi connectivity index (χ0n) is 17.8. The number of nitro groups is 1. The molecule has 11 heteroatoms. The molecule has 11 nitrogen and oxygen atoms in total. The Morgan fingerprint density at radius 2 is 1.91 bits per heavy atom. The highest BCUT2D eigenvalue weighted by molar-refractivity contribution is 6.12. The number of aliphatic hydroxyl groups is 1. The summed E-state index contributed by atoms with van der Waals surface area (Å²) in [6.45, 7) is -0.181. The second-order valence-electron chi connectivity index (χ2n) is 7.25. The monoisotopic (exact) mass is 456 g/mol. The van der Waals surface area contributed by atoms with Gasteiger partial charge in [-0.1, -0.05) is 5.92 Å². The number of aliphatic hydroxyl groups excluding tert-OH is 1. The molecule has 0 saturated heterocycles. The van der Waals surface area contributed by atoms with Crippen molar-refractivity contribution in [2.75, 3.05) is 13.1 Å². The van der Waals surface area contributed by atoms with Gasteiger partial charge in [-0.25, -0.2) is 0 Å². The molecule has 1 aromatic rings. The van der Waals surface area contributed by atoms with Gasteiger partial charge >= 0.3 is 0 Å². The molecule has 1 unspecified atom stereocenters. The minimum atomic E-state index is -0.676. The van der Waals surface area contributed by atoms with Gasteiger partial charge in [-0.3, -0.25) is 34.2 Å². The fourth-order valence-electron chi connectivity index (χ4n) is 3.28. The maximum absolute atomic E-state index is 12.4. The van der Waals surface area contributed by atoms with Crippen molar-refractivity contribution in [2.45, 2.75) is 38.3 Å². The molecule has 1 aromatic carbocycles. The van der Waals surface area contributed by atoms with Gasteiger partial charge in [0.15, 0.2) is 0 Å². The third-order valence-corrected chi connectivity index (χ3v) is 4.96. The van der Waals surface area contributed by atoms with Crippen molar-refractivity contribution >= 4 is 29.3 Å². The van der Waals surface area contributed by atoms with Gasteiger partial charge in [0.2, 0.25) is 5.91 Å². The standard InChI is InChI=1S/C22H24N4O7/c1-2-4-19(28)24-17(5-3-12-25-20(29)8-9-21(25)30)10-11-23-22(31)15-6-7-16(14-27)18(13-15)26(32)33/h1,6-9,13,17,27H,3-5,10-12,14H2,(H,23,31)(H,24,28). The molecule has 4 amide bonds. The molecule has 1 heterocycles. The topological polar surface area (TPSA) is 159 Å². The minimum absolute atomic E-state index is 0.0605. The largest absolute Gasteiger partial charge is 0.391 e. The number of carbonyl (C=O) groups excluding carboxylic acids is 4. The van der Waals surface area contributed by atoms with E-state index in [9.17, 15) is 34.4 Å². The lowest BCUT2D eigenvalue weighted by atomic mass is 10.1. The summed E-state index contributed by atoms with van der Waals surface area (Å²) in [4.78, 5) is 59.1. The fraction of sp³-hybridized carbons (Fsp3) is 0.364. The van der Waals surface area contributed by atoms with Crippen LogP contribution in [0.1, 0.15) is 41.6 Å². The number of amides is 4. The van der Waals surface area contributed by atoms with E-state index >= 15 is 0 Å². The SMILES string of the molecule is C#CCC(=O)NC(CCCN1C(=O)C=CC1=O)CCNC(=O)c1ccc(CO)c([N+](=O)[O-])c1. The van der Waals surface area contributed by atoms with Crippen LogP contribution in [-0.4, -0.2) is 57.7 Å². The highest BCUT2D eigenvalue weighted by Crippen LogP contribution is 2.20. The van der Waals surface area contributed by atoms with E-state index in [0.717, 1.165) is 11.0 Å². The normalized spacial score (nSPS) is 13.5. The quantitative estimate of drug-likeness (QED) is 0.178. The molecule has 0 bridgehead atoms. The first-order valence-corrected chi connectivity index (χ1v) is 10.2. The van der Waals surface area contributed by atoms with Gasteiger partial charge in [-0.15, -0.1) is 6.42 Å². The molecule has 1 aliphatic heterocycles. The number of carbonyl (C=O) groups is 4. The highest BCUT2D eigenvalue weighted by Gasteiger charge is 2.23. The number of benzene rings is 1. The van der Waals surface area contributed by atoms with Crippen molar-refractivity contribution in [2.24, 2.45) is 0 Å². The van der Waals surface area contributed by atoms with Gasteiger partial charge in [-0.2, -0.15) is 0 Å². The summed E-state index contributed by atoms with van der Waals surface area (Å²) >= 11 is 0. The molecule has 1 atom stereocenters. The summed E-state index contributed by atoms with van der Waals surface area (Å²) in [5.41, 5.74) is -0.201. The zero-order chi connectivity index (χ0) is 24.4. The second kappa shape index (κ2) is 12.1. The van der Waals surface area contributed by atoms with E-state index in [2.05, 4.69) is 16.6 Å².